The third kappa shape index (κ3) is 5.19. The van der Waals surface area contributed by atoms with Crippen LogP contribution in [-0.4, -0.2) is 70.6 Å². The Balaban J connectivity index is 1.32. The molecular formula is C28H32F4N4O. The van der Waals surface area contributed by atoms with E-state index in [4.69, 9.17) is 0 Å². The standard InChI is InChI=1S/C28H32F4N4O/c1-19(2)35-16-15-34(27(35)37)14-13-33-11-9-23(10-12-33)36-18-25(20-3-6-22(29)7-4-20)24-17-21(28(30,31)32)5-8-26(24)36/h3-8,17-19,23H,9-16H2,1-2H3. The summed E-state index contributed by atoms with van der Waals surface area (Å²) in [5.41, 5.74) is 1.42. The number of alkyl halides is 3. The molecule has 198 valence electrons. The van der Waals surface area contributed by atoms with Gasteiger partial charge in [-0.15, -0.1) is 0 Å². The van der Waals surface area contributed by atoms with Crippen LogP contribution >= 0.6 is 0 Å². The molecule has 0 radical (unpaired) electrons. The minimum Gasteiger partial charge on any atom is -0.344 e. The van der Waals surface area contributed by atoms with Crippen LogP contribution in [0.5, 0.6) is 0 Å². The minimum absolute atomic E-state index is 0.107. The molecule has 0 aliphatic carbocycles. The number of aromatic nitrogens is 1. The molecule has 0 saturated carbocycles. The molecule has 2 fully saturated rings. The molecule has 2 saturated heterocycles. The van der Waals surface area contributed by atoms with Gasteiger partial charge in [0.25, 0.3) is 0 Å². The molecule has 5 rings (SSSR count). The van der Waals surface area contributed by atoms with Gasteiger partial charge in [0.15, 0.2) is 0 Å². The molecule has 0 unspecified atom stereocenters. The van der Waals surface area contributed by atoms with Gasteiger partial charge in [0, 0.05) is 74.0 Å². The van der Waals surface area contributed by atoms with Gasteiger partial charge in [-0.25, -0.2) is 9.18 Å². The number of nitrogens with zero attached hydrogens (tertiary/aromatic N) is 4. The van der Waals surface area contributed by atoms with Crippen LogP contribution in [0.1, 0.15) is 38.3 Å². The number of benzene rings is 2. The first-order valence-electron chi connectivity index (χ1n) is 12.9. The quantitative estimate of drug-likeness (QED) is 0.363. The van der Waals surface area contributed by atoms with Crippen LogP contribution in [0, 0.1) is 5.82 Å². The number of rotatable bonds is 6. The van der Waals surface area contributed by atoms with Crippen LogP contribution in [0.15, 0.2) is 48.7 Å². The normalized spacial score (nSPS) is 18.1. The van der Waals surface area contributed by atoms with E-state index in [1.165, 1.54) is 18.2 Å². The predicted octanol–water partition coefficient (Wildman–Crippen LogP) is 6.25. The average Bonchev–Trinajstić information content (AvgIpc) is 3.43. The third-order valence-corrected chi connectivity index (χ3v) is 7.70. The van der Waals surface area contributed by atoms with Crippen molar-refractivity contribution in [3.8, 4) is 11.1 Å². The van der Waals surface area contributed by atoms with Gasteiger partial charge in [-0.05, 0) is 62.6 Å². The maximum absolute atomic E-state index is 13.5. The number of amides is 2. The lowest BCUT2D eigenvalue weighted by Crippen LogP contribution is -2.42. The molecule has 2 aliphatic rings. The summed E-state index contributed by atoms with van der Waals surface area (Å²) < 4.78 is 56.1. The average molecular weight is 517 g/mol. The Hall–Kier alpha value is -3.07. The summed E-state index contributed by atoms with van der Waals surface area (Å²) in [5.74, 6) is -0.386. The largest absolute Gasteiger partial charge is 0.416 e. The number of piperidine rings is 1. The molecule has 1 aromatic heterocycles. The van der Waals surface area contributed by atoms with Crippen LogP contribution in [0.3, 0.4) is 0 Å². The van der Waals surface area contributed by atoms with E-state index in [0.29, 0.717) is 23.1 Å². The van der Waals surface area contributed by atoms with Gasteiger partial charge in [-0.1, -0.05) is 12.1 Å². The van der Waals surface area contributed by atoms with E-state index in [1.807, 2.05) is 29.8 Å². The molecule has 3 heterocycles. The molecular weight excluding hydrogens is 484 g/mol. The van der Waals surface area contributed by atoms with Crippen molar-refractivity contribution in [2.24, 2.45) is 0 Å². The summed E-state index contributed by atoms with van der Waals surface area (Å²) in [6.07, 6.45) is -0.800. The Morgan fingerprint density at radius 3 is 2.27 bits per heavy atom. The van der Waals surface area contributed by atoms with Crippen LogP contribution in [-0.2, 0) is 6.18 Å². The zero-order valence-electron chi connectivity index (χ0n) is 21.1. The third-order valence-electron chi connectivity index (χ3n) is 7.70. The number of carbonyl (C=O) groups excluding carboxylic acids is 1. The molecule has 0 bridgehead atoms. The molecule has 0 N–H and O–H groups in total. The van der Waals surface area contributed by atoms with E-state index in [2.05, 4.69) is 9.47 Å². The zero-order chi connectivity index (χ0) is 26.3. The maximum atomic E-state index is 13.5. The zero-order valence-corrected chi connectivity index (χ0v) is 21.1. The van der Waals surface area contributed by atoms with Crippen molar-refractivity contribution >= 4 is 16.9 Å². The van der Waals surface area contributed by atoms with Crippen molar-refractivity contribution in [2.75, 3.05) is 39.3 Å². The Bertz CT molecular complexity index is 1260. The monoisotopic (exact) mass is 516 g/mol. The highest BCUT2D eigenvalue weighted by molar-refractivity contribution is 5.96. The summed E-state index contributed by atoms with van der Waals surface area (Å²) in [6, 6.07) is 10.2. The first-order valence-corrected chi connectivity index (χ1v) is 12.9. The molecule has 5 nitrogen and oxygen atoms in total. The van der Waals surface area contributed by atoms with Crippen LogP contribution in [0.2, 0.25) is 0 Å². The number of fused-ring (bicyclic) bond motifs is 1. The summed E-state index contributed by atoms with van der Waals surface area (Å²) in [5, 5.41) is 0.520. The summed E-state index contributed by atoms with van der Waals surface area (Å²) in [4.78, 5) is 18.7. The second kappa shape index (κ2) is 10.0. The Kier molecular flexibility index (Phi) is 6.91. The number of hydrogen-bond acceptors (Lipinski definition) is 2. The predicted molar refractivity (Wildman–Crippen MR) is 136 cm³/mol. The lowest BCUT2D eigenvalue weighted by molar-refractivity contribution is -0.137. The molecule has 2 aromatic carbocycles. The molecule has 9 heteroatoms. The van der Waals surface area contributed by atoms with Crippen molar-refractivity contribution in [3.63, 3.8) is 0 Å². The number of halogens is 4. The fourth-order valence-corrected chi connectivity index (χ4v) is 5.56. The first kappa shape index (κ1) is 25.6. The number of hydrogen-bond donors (Lipinski definition) is 0. The van der Waals surface area contributed by atoms with Crippen molar-refractivity contribution < 1.29 is 22.4 Å². The van der Waals surface area contributed by atoms with Gasteiger partial charge in [0.05, 0.1) is 5.56 Å². The van der Waals surface area contributed by atoms with Gasteiger partial charge in [-0.2, -0.15) is 13.2 Å². The lowest BCUT2D eigenvalue weighted by atomic mass is 10.0. The van der Waals surface area contributed by atoms with E-state index in [9.17, 15) is 22.4 Å². The maximum Gasteiger partial charge on any atom is 0.416 e. The summed E-state index contributed by atoms with van der Waals surface area (Å²) in [6.45, 7) is 8.81. The molecule has 3 aromatic rings. The fraction of sp³-hybridized carbons (Fsp3) is 0.464. The van der Waals surface area contributed by atoms with Crippen molar-refractivity contribution in [1.82, 2.24) is 19.3 Å². The Labute approximate surface area is 214 Å². The van der Waals surface area contributed by atoms with Crippen LogP contribution in [0.4, 0.5) is 22.4 Å². The van der Waals surface area contributed by atoms with E-state index in [1.54, 1.807) is 18.2 Å². The van der Waals surface area contributed by atoms with Gasteiger partial charge in [0.2, 0.25) is 0 Å². The smallest absolute Gasteiger partial charge is 0.344 e. The second-order valence-electron chi connectivity index (χ2n) is 10.3. The topological polar surface area (TPSA) is 31.7 Å². The van der Waals surface area contributed by atoms with E-state index in [0.717, 1.165) is 57.1 Å². The number of urea groups is 1. The second-order valence-corrected chi connectivity index (χ2v) is 10.3. The molecule has 37 heavy (non-hydrogen) atoms. The highest BCUT2D eigenvalue weighted by Gasteiger charge is 2.33. The molecule has 0 spiro atoms. The van der Waals surface area contributed by atoms with Gasteiger partial charge < -0.3 is 19.3 Å². The number of likely N-dealkylation sites (tertiary alicyclic amines) is 1. The van der Waals surface area contributed by atoms with E-state index in [-0.39, 0.29) is 23.9 Å². The van der Waals surface area contributed by atoms with Gasteiger partial charge >= 0.3 is 12.2 Å². The van der Waals surface area contributed by atoms with Crippen LogP contribution in [0.25, 0.3) is 22.0 Å². The highest BCUT2D eigenvalue weighted by Crippen LogP contribution is 2.39. The lowest BCUT2D eigenvalue weighted by Gasteiger charge is -2.34. The van der Waals surface area contributed by atoms with E-state index < -0.39 is 11.7 Å². The molecule has 0 atom stereocenters. The van der Waals surface area contributed by atoms with Gasteiger partial charge in [-0.3, -0.25) is 0 Å². The fourth-order valence-electron chi connectivity index (χ4n) is 5.56. The number of carbonyl (C=O) groups is 1. The van der Waals surface area contributed by atoms with Crippen molar-refractivity contribution in [3.05, 3.63) is 60.0 Å². The molecule has 2 amide bonds. The van der Waals surface area contributed by atoms with Crippen LogP contribution < -0.4 is 0 Å². The first-order chi connectivity index (χ1) is 17.6. The Morgan fingerprint density at radius 2 is 1.65 bits per heavy atom. The van der Waals surface area contributed by atoms with E-state index >= 15 is 0 Å². The summed E-state index contributed by atoms with van der Waals surface area (Å²) in [7, 11) is 0. The Morgan fingerprint density at radius 1 is 0.946 bits per heavy atom. The van der Waals surface area contributed by atoms with Gasteiger partial charge in [0.1, 0.15) is 5.82 Å². The van der Waals surface area contributed by atoms with Crippen molar-refractivity contribution in [2.45, 2.75) is 44.9 Å². The van der Waals surface area contributed by atoms with Crippen molar-refractivity contribution in [1.29, 1.82) is 0 Å². The SMILES string of the molecule is CC(C)N1CCN(CCN2CCC(n3cc(-c4ccc(F)cc4)c4cc(C(F)(F)F)ccc43)CC2)C1=O. The summed E-state index contributed by atoms with van der Waals surface area (Å²) >= 11 is 0. The molecule has 2 aliphatic heterocycles. The minimum atomic E-state index is -4.44. The highest BCUT2D eigenvalue weighted by atomic mass is 19.4.